The molecule has 3 aromatic rings. The smallest absolute Gasteiger partial charge is 0.138 e. The van der Waals surface area contributed by atoms with E-state index in [1.54, 1.807) is 0 Å². The van der Waals surface area contributed by atoms with Gasteiger partial charge in [0.2, 0.25) is 0 Å². The van der Waals surface area contributed by atoms with E-state index in [-0.39, 0.29) is 0 Å². The normalized spacial score (nSPS) is 11.0. The summed E-state index contributed by atoms with van der Waals surface area (Å²) in [5, 5.41) is 0.620. The summed E-state index contributed by atoms with van der Waals surface area (Å²) in [6.45, 7) is 2.88. The number of ether oxygens (including phenoxy) is 1. The molecule has 0 aliphatic rings. The Morgan fingerprint density at radius 1 is 1.14 bits per heavy atom. The zero-order valence-electron chi connectivity index (χ0n) is 12.6. The van der Waals surface area contributed by atoms with Crippen molar-refractivity contribution in [3.63, 3.8) is 0 Å². The van der Waals surface area contributed by atoms with Gasteiger partial charge in [0.15, 0.2) is 0 Å². The number of imidazole rings is 1. The summed E-state index contributed by atoms with van der Waals surface area (Å²) in [5.74, 6) is 1.55. The Labute approximate surface area is 135 Å². The highest BCUT2D eigenvalue weighted by Crippen LogP contribution is 2.30. The monoisotopic (exact) mass is 314 g/mol. The quantitative estimate of drug-likeness (QED) is 0.614. The molecule has 0 aliphatic heterocycles. The summed E-state index contributed by atoms with van der Waals surface area (Å²) < 4.78 is 5.73. The van der Waals surface area contributed by atoms with E-state index in [0.717, 1.165) is 34.6 Å². The van der Waals surface area contributed by atoms with Crippen molar-refractivity contribution >= 4 is 22.6 Å². The Kier molecular flexibility index (Phi) is 4.64. The van der Waals surface area contributed by atoms with E-state index >= 15 is 0 Å². The Morgan fingerprint density at radius 2 is 2.00 bits per heavy atom. The van der Waals surface area contributed by atoms with Crippen molar-refractivity contribution in [2.45, 2.75) is 26.2 Å². The van der Waals surface area contributed by atoms with Crippen LogP contribution in [0.3, 0.4) is 0 Å². The molecule has 114 valence electrons. The summed E-state index contributed by atoms with van der Waals surface area (Å²) in [6, 6.07) is 13.8. The van der Waals surface area contributed by atoms with E-state index in [2.05, 4.69) is 16.9 Å². The van der Waals surface area contributed by atoms with Gasteiger partial charge in [0.25, 0.3) is 0 Å². The van der Waals surface area contributed by atoms with Gasteiger partial charge in [-0.2, -0.15) is 0 Å². The lowest BCUT2D eigenvalue weighted by atomic mass is 10.2. The van der Waals surface area contributed by atoms with Gasteiger partial charge in [0.1, 0.15) is 11.6 Å². The number of halogens is 1. The zero-order chi connectivity index (χ0) is 15.4. The van der Waals surface area contributed by atoms with Crippen LogP contribution < -0.4 is 4.74 Å². The number of aromatic amines is 1. The molecule has 2 aromatic carbocycles. The minimum absolute atomic E-state index is 0.620. The second-order valence-electron chi connectivity index (χ2n) is 5.30. The molecule has 0 atom stereocenters. The van der Waals surface area contributed by atoms with Gasteiger partial charge in [0.05, 0.1) is 22.7 Å². The number of rotatable bonds is 6. The van der Waals surface area contributed by atoms with E-state index < -0.39 is 0 Å². The number of benzene rings is 2. The molecule has 4 heteroatoms. The molecular weight excluding hydrogens is 296 g/mol. The van der Waals surface area contributed by atoms with Gasteiger partial charge in [-0.1, -0.05) is 43.5 Å². The van der Waals surface area contributed by atoms with Gasteiger partial charge in [-0.3, -0.25) is 0 Å². The standard InChI is InChI=1S/C18H19ClN2O/c1-2-3-6-11-22-17-10-9-13(12-14(17)19)18-20-15-7-4-5-8-16(15)21-18/h4-5,7-10,12H,2-3,6,11H2,1H3,(H,20,21). The second kappa shape index (κ2) is 6.84. The Bertz CT molecular complexity index is 734. The van der Waals surface area contributed by atoms with E-state index in [1.165, 1.54) is 12.8 Å². The Balaban J connectivity index is 1.79. The minimum Gasteiger partial charge on any atom is -0.492 e. The maximum absolute atomic E-state index is 6.32. The van der Waals surface area contributed by atoms with E-state index in [4.69, 9.17) is 16.3 Å². The van der Waals surface area contributed by atoms with Crippen molar-refractivity contribution in [3.05, 3.63) is 47.5 Å². The lowest BCUT2D eigenvalue weighted by Crippen LogP contribution is -1.97. The molecule has 0 amide bonds. The van der Waals surface area contributed by atoms with Crippen LogP contribution in [0.25, 0.3) is 22.4 Å². The number of hydrogen-bond donors (Lipinski definition) is 1. The van der Waals surface area contributed by atoms with Gasteiger partial charge < -0.3 is 9.72 Å². The maximum atomic E-state index is 6.32. The lowest BCUT2D eigenvalue weighted by Gasteiger charge is -2.08. The average molecular weight is 315 g/mol. The highest BCUT2D eigenvalue weighted by atomic mass is 35.5. The van der Waals surface area contributed by atoms with E-state index in [0.29, 0.717) is 11.6 Å². The predicted molar refractivity (Wildman–Crippen MR) is 91.6 cm³/mol. The SMILES string of the molecule is CCCCCOc1ccc(-c2nc3ccccc3[nH]2)cc1Cl. The third kappa shape index (κ3) is 3.25. The van der Waals surface area contributed by atoms with Crippen LogP contribution in [-0.4, -0.2) is 16.6 Å². The molecule has 0 radical (unpaired) electrons. The predicted octanol–water partition coefficient (Wildman–Crippen LogP) is 5.45. The van der Waals surface area contributed by atoms with Gasteiger partial charge in [-0.05, 0) is 36.8 Å². The molecule has 0 bridgehead atoms. The molecule has 3 nitrogen and oxygen atoms in total. The third-order valence-electron chi connectivity index (χ3n) is 3.60. The fourth-order valence-electron chi connectivity index (χ4n) is 2.39. The van der Waals surface area contributed by atoms with Crippen LogP contribution in [0, 0.1) is 0 Å². The molecule has 1 heterocycles. The molecule has 1 aromatic heterocycles. The molecule has 0 spiro atoms. The molecule has 0 unspecified atom stereocenters. The molecule has 0 saturated carbocycles. The Morgan fingerprint density at radius 3 is 2.77 bits per heavy atom. The van der Waals surface area contributed by atoms with Crippen molar-refractivity contribution in [1.29, 1.82) is 0 Å². The average Bonchev–Trinajstić information content (AvgIpc) is 2.97. The molecular formula is C18H19ClN2O. The highest BCUT2D eigenvalue weighted by molar-refractivity contribution is 6.32. The van der Waals surface area contributed by atoms with E-state index in [1.807, 2.05) is 42.5 Å². The molecule has 0 saturated heterocycles. The van der Waals surface area contributed by atoms with Crippen LogP contribution in [0.4, 0.5) is 0 Å². The molecule has 0 aliphatic carbocycles. The van der Waals surface area contributed by atoms with Gasteiger partial charge in [-0.15, -0.1) is 0 Å². The number of fused-ring (bicyclic) bond motifs is 1. The minimum atomic E-state index is 0.620. The van der Waals surface area contributed by atoms with Crippen LogP contribution in [0.1, 0.15) is 26.2 Å². The van der Waals surface area contributed by atoms with Gasteiger partial charge in [-0.25, -0.2) is 4.98 Å². The molecule has 22 heavy (non-hydrogen) atoms. The van der Waals surface area contributed by atoms with Crippen LogP contribution in [-0.2, 0) is 0 Å². The largest absolute Gasteiger partial charge is 0.492 e. The summed E-state index contributed by atoms with van der Waals surface area (Å²) in [5.41, 5.74) is 2.93. The fourth-order valence-corrected chi connectivity index (χ4v) is 2.62. The van der Waals surface area contributed by atoms with Crippen molar-refractivity contribution in [3.8, 4) is 17.1 Å². The topological polar surface area (TPSA) is 37.9 Å². The first-order valence-electron chi connectivity index (χ1n) is 7.65. The Hall–Kier alpha value is -2.00. The number of nitrogens with zero attached hydrogens (tertiary/aromatic N) is 1. The molecule has 0 fully saturated rings. The summed E-state index contributed by atoms with van der Waals surface area (Å²) in [6.07, 6.45) is 3.41. The first-order chi connectivity index (χ1) is 10.8. The van der Waals surface area contributed by atoms with Crippen LogP contribution in [0.2, 0.25) is 5.02 Å². The molecule has 3 rings (SSSR count). The van der Waals surface area contributed by atoms with Crippen LogP contribution in [0.15, 0.2) is 42.5 Å². The fraction of sp³-hybridized carbons (Fsp3) is 0.278. The summed E-state index contributed by atoms with van der Waals surface area (Å²) in [4.78, 5) is 7.89. The first kappa shape index (κ1) is 14.9. The van der Waals surface area contributed by atoms with Gasteiger partial charge in [0, 0.05) is 5.56 Å². The van der Waals surface area contributed by atoms with Crippen molar-refractivity contribution in [1.82, 2.24) is 9.97 Å². The lowest BCUT2D eigenvalue weighted by molar-refractivity contribution is 0.306. The summed E-state index contributed by atoms with van der Waals surface area (Å²) >= 11 is 6.32. The number of nitrogens with one attached hydrogen (secondary N) is 1. The van der Waals surface area contributed by atoms with Crippen LogP contribution >= 0.6 is 11.6 Å². The molecule has 1 N–H and O–H groups in total. The highest BCUT2D eigenvalue weighted by Gasteiger charge is 2.08. The first-order valence-corrected chi connectivity index (χ1v) is 8.03. The van der Waals surface area contributed by atoms with E-state index in [9.17, 15) is 0 Å². The third-order valence-corrected chi connectivity index (χ3v) is 3.90. The zero-order valence-corrected chi connectivity index (χ0v) is 13.4. The number of para-hydroxylation sites is 2. The summed E-state index contributed by atoms with van der Waals surface area (Å²) in [7, 11) is 0. The van der Waals surface area contributed by atoms with Crippen molar-refractivity contribution < 1.29 is 4.74 Å². The van der Waals surface area contributed by atoms with Gasteiger partial charge >= 0.3 is 0 Å². The number of unbranched alkanes of at least 4 members (excludes halogenated alkanes) is 2. The van der Waals surface area contributed by atoms with Crippen molar-refractivity contribution in [2.24, 2.45) is 0 Å². The number of hydrogen-bond acceptors (Lipinski definition) is 2. The number of H-pyrrole nitrogens is 1. The number of aromatic nitrogens is 2. The maximum Gasteiger partial charge on any atom is 0.138 e. The van der Waals surface area contributed by atoms with Crippen molar-refractivity contribution in [2.75, 3.05) is 6.61 Å². The van der Waals surface area contributed by atoms with Crippen LogP contribution in [0.5, 0.6) is 5.75 Å². The second-order valence-corrected chi connectivity index (χ2v) is 5.71.